The predicted molar refractivity (Wildman–Crippen MR) is 76.0 cm³/mol. The number of rotatable bonds is 2. The van der Waals surface area contributed by atoms with Gasteiger partial charge in [0.2, 0.25) is 0 Å². The maximum absolute atomic E-state index is 12.0. The van der Waals surface area contributed by atoms with Gasteiger partial charge in [0.15, 0.2) is 0 Å². The van der Waals surface area contributed by atoms with Crippen LogP contribution in [0.15, 0.2) is 57.9 Å². The van der Waals surface area contributed by atoms with Crippen LogP contribution in [0.25, 0.3) is 23.5 Å². The molecule has 0 unspecified atom stereocenters. The van der Waals surface area contributed by atoms with Crippen molar-refractivity contribution in [3.8, 4) is 11.3 Å². The van der Waals surface area contributed by atoms with E-state index < -0.39 is 5.63 Å². The fourth-order valence-corrected chi connectivity index (χ4v) is 1.81. The molecule has 1 aromatic heterocycles. The SMILES string of the molecule is C=C(O)/C=c1/c(=O)oc(-c2ccccc2)c/c1=C/C. The highest BCUT2D eigenvalue weighted by Crippen LogP contribution is 2.14. The smallest absolute Gasteiger partial charge is 0.344 e. The van der Waals surface area contributed by atoms with Crippen LogP contribution < -0.4 is 16.1 Å². The van der Waals surface area contributed by atoms with Crippen LogP contribution in [0.3, 0.4) is 0 Å². The average Bonchev–Trinajstić information content (AvgIpc) is 2.41. The molecule has 1 aromatic carbocycles. The van der Waals surface area contributed by atoms with Crippen molar-refractivity contribution in [2.75, 3.05) is 0 Å². The van der Waals surface area contributed by atoms with Crippen molar-refractivity contribution in [1.82, 2.24) is 0 Å². The predicted octanol–water partition coefficient (Wildman–Crippen LogP) is 1.96. The van der Waals surface area contributed by atoms with Crippen molar-refractivity contribution < 1.29 is 9.52 Å². The summed E-state index contributed by atoms with van der Waals surface area (Å²) in [5.41, 5.74) is 0.335. The normalized spacial score (nSPS) is 12.7. The van der Waals surface area contributed by atoms with Crippen LogP contribution in [0.2, 0.25) is 0 Å². The standard InChI is InChI=1S/C16H14O3/c1-3-12-10-15(13-7-5-4-6-8-13)19-16(18)14(12)9-11(2)17/h3-10,17H,2H2,1H3/b12-3-,14-9+. The Hall–Kier alpha value is -2.55. The van der Waals surface area contributed by atoms with Crippen LogP contribution in [0.4, 0.5) is 0 Å². The van der Waals surface area contributed by atoms with E-state index in [1.807, 2.05) is 37.3 Å². The van der Waals surface area contributed by atoms with Crippen LogP contribution >= 0.6 is 0 Å². The Morgan fingerprint density at radius 2 is 2.00 bits per heavy atom. The number of benzene rings is 1. The Balaban J connectivity index is 2.76. The number of hydrogen-bond donors (Lipinski definition) is 1. The zero-order chi connectivity index (χ0) is 13.8. The van der Waals surface area contributed by atoms with Gasteiger partial charge in [0.05, 0.1) is 5.22 Å². The first-order valence-corrected chi connectivity index (χ1v) is 5.87. The molecule has 1 N–H and O–H groups in total. The molecule has 1 heterocycles. The largest absolute Gasteiger partial charge is 0.509 e. The summed E-state index contributed by atoms with van der Waals surface area (Å²) < 4.78 is 5.28. The van der Waals surface area contributed by atoms with Crippen molar-refractivity contribution in [1.29, 1.82) is 0 Å². The molecule has 19 heavy (non-hydrogen) atoms. The summed E-state index contributed by atoms with van der Waals surface area (Å²) in [6.07, 6.45) is 3.09. The molecule has 2 aromatic rings. The summed E-state index contributed by atoms with van der Waals surface area (Å²) in [5, 5.41) is 10.2. The molecule has 2 rings (SSSR count). The molecule has 0 saturated heterocycles. The second-order valence-corrected chi connectivity index (χ2v) is 4.06. The number of aliphatic hydroxyl groups excluding tert-OH is 1. The third kappa shape index (κ3) is 2.83. The maximum atomic E-state index is 12.0. The van der Waals surface area contributed by atoms with Gasteiger partial charge < -0.3 is 9.52 Å². The van der Waals surface area contributed by atoms with Crippen molar-refractivity contribution in [2.24, 2.45) is 0 Å². The molecule has 0 aliphatic rings. The zero-order valence-corrected chi connectivity index (χ0v) is 10.6. The lowest BCUT2D eigenvalue weighted by Gasteiger charge is -2.00. The number of allylic oxidation sites excluding steroid dienone is 1. The lowest BCUT2D eigenvalue weighted by atomic mass is 10.1. The van der Waals surface area contributed by atoms with Crippen molar-refractivity contribution in [3.05, 3.63) is 69.6 Å². The van der Waals surface area contributed by atoms with Gasteiger partial charge in [-0.2, -0.15) is 0 Å². The summed E-state index contributed by atoms with van der Waals surface area (Å²) >= 11 is 0. The summed E-state index contributed by atoms with van der Waals surface area (Å²) in [6, 6.07) is 11.1. The zero-order valence-electron chi connectivity index (χ0n) is 10.6. The molecule has 96 valence electrons. The Kier molecular flexibility index (Phi) is 3.66. The van der Waals surface area contributed by atoms with Crippen molar-refractivity contribution in [3.63, 3.8) is 0 Å². The minimum absolute atomic E-state index is 0.178. The van der Waals surface area contributed by atoms with E-state index in [0.717, 1.165) is 5.56 Å². The minimum Gasteiger partial charge on any atom is -0.509 e. The van der Waals surface area contributed by atoms with Gasteiger partial charge in [-0.05, 0) is 24.3 Å². The second kappa shape index (κ2) is 5.40. The topological polar surface area (TPSA) is 50.4 Å². The Morgan fingerprint density at radius 3 is 2.58 bits per heavy atom. The molecular weight excluding hydrogens is 240 g/mol. The van der Waals surface area contributed by atoms with E-state index in [2.05, 4.69) is 6.58 Å². The fraction of sp³-hybridized carbons (Fsp3) is 0.0625. The quantitative estimate of drug-likeness (QED) is 0.833. The molecule has 0 fully saturated rings. The van der Waals surface area contributed by atoms with E-state index >= 15 is 0 Å². The third-order valence-electron chi connectivity index (χ3n) is 2.70. The molecule has 0 aliphatic heterocycles. The minimum atomic E-state index is -0.496. The van der Waals surface area contributed by atoms with Gasteiger partial charge in [-0.15, -0.1) is 0 Å². The molecular formula is C16H14O3. The van der Waals surface area contributed by atoms with E-state index in [-0.39, 0.29) is 5.76 Å². The molecule has 0 bridgehead atoms. The highest BCUT2D eigenvalue weighted by molar-refractivity contribution is 5.57. The van der Waals surface area contributed by atoms with Crippen LogP contribution in [-0.2, 0) is 0 Å². The maximum Gasteiger partial charge on any atom is 0.344 e. The van der Waals surface area contributed by atoms with Crippen LogP contribution in [0.1, 0.15) is 6.92 Å². The van der Waals surface area contributed by atoms with Gasteiger partial charge in [0.25, 0.3) is 0 Å². The van der Waals surface area contributed by atoms with Crippen LogP contribution in [-0.4, -0.2) is 5.11 Å². The highest BCUT2D eigenvalue weighted by atomic mass is 16.4. The Bertz CT molecular complexity index is 768. The van der Waals surface area contributed by atoms with E-state index in [0.29, 0.717) is 16.2 Å². The molecule has 0 amide bonds. The molecule has 0 spiro atoms. The number of hydrogen-bond acceptors (Lipinski definition) is 3. The van der Waals surface area contributed by atoms with Crippen molar-refractivity contribution >= 4 is 12.2 Å². The molecule has 3 nitrogen and oxygen atoms in total. The van der Waals surface area contributed by atoms with Gasteiger partial charge in [-0.25, -0.2) is 4.79 Å². The first-order chi connectivity index (χ1) is 9.11. The first kappa shape index (κ1) is 12.9. The van der Waals surface area contributed by atoms with Gasteiger partial charge >= 0.3 is 5.63 Å². The highest BCUT2D eigenvalue weighted by Gasteiger charge is 2.03. The van der Waals surface area contributed by atoms with Crippen LogP contribution in [0, 0.1) is 0 Å². The fourth-order valence-electron chi connectivity index (χ4n) is 1.81. The average molecular weight is 254 g/mol. The van der Waals surface area contributed by atoms with Gasteiger partial charge in [-0.3, -0.25) is 0 Å². The first-order valence-electron chi connectivity index (χ1n) is 5.87. The monoisotopic (exact) mass is 254 g/mol. The molecule has 0 radical (unpaired) electrons. The summed E-state index contributed by atoms with van der Waals surface area (Å²) in [5.74, 6) is 0.322. The summed E-state index contributed by atoms with van der Waals surface area (Å²) in [6.45, 7) is 5.17. The third-order valence-corrected chi connectivity index (χ3v) is 2.70. The molecule has 0 saturated carbocycles. The molecule has 0 atom stereocenters. The molecule has 3 heteroatoms. The van der Waals surface area contributed by atoms with E-state index in [4.69, 9.17) is 4.42 Å². The van der Waals surface area contributed by atoms with Gasteiger partial charge in [0, 0.05) is 5.56 Å². The van der Waals surface area contributed by atoms with Gasteiger partial charge in [0.1, 0.15) is 11.5 Å². The van der Waals surface area contributed by atoms with Crippen LogP contribution in [0.5, 0.6) is 0 Å². The van der Waals surface area contributed by atoms with Gasteiger partial charge in [-0.1, -0.05) is 43.0 Å². The Labute approximate surface area is 110 Å². The van der Waals surface area contributed by atoms with E-state index in [1.54, 1.807) is 12.1 Å². The van der Waals surface area contributed by atoms with Crippen molar-refractivity contribution in [2.45, 2.75) is 6.92 Å². The molecule has 0 aliphatic carbocycles. The second-order valence-electron chi connectivity index (χ2n) is 4.06. The number of aliphatic hydroxyl groups is 1. The lowest BCUT2D eigenvalue weighted by Crippen LogP contribution is -2.38. The van der Waals surface area contributed by atoms with E-state index in [9.17, 15) is 9.90 Å². The van der Waals surface area contributed by atoms with E-state index in [1.165, 1.54) is 6.08 Å². The summed E-state index contributed by atoms with van der Waals surface area (Å²) in [4.78, 5) is 12.0. The summed E-state index contributed by atoms with van der Waals surface area (Å²) in [7, 11) is 0. The lowest BCUT2D eigenvalue weighted by molar-refractivity contribution is 0.443. The Morgan fingerprint density at radius 1 is 1.32 bits per heavy atom.